The molecule has 1 saturated heterocycles. The number of imidazole rings is 1. The van der Waals surface area contributed by atoms with Gasteiger partial charge < -0.3 is 39.9 Å². The first-order valence-corrected chi connectivity index (χ1v) is 13.2. The highest BCUT2D eigenvalue weighted by atomic mass is 32.2. The van der Waals surface area contributed by atoms with Crippen LogP contribution in [0.4, 0.5) is 5.82 Å². The molecule has 5 unspecified atom stereocenters. The Labute approximate surface area is 180 Å². The number of nitrogens with zero attached hydrogens (tertiary/aromatic N) is 4. The smallest absolute Gasteiger partial charge is 0.345 e. The molecule has 3 heterocycles. The van der Waals surface area contributed by atoms with Crippen molar-refractivity contribution in [1.29, 1.82) is 0 Å². The van der Waals surface area contributed by atoms with Gasteiger partial charge >= 0.3 is 15.2 Å². The summed E-state index contributed by atoms with van der Waals surface area (Å²) < 4.78 is 35.8. The van der Waals surface area contributed by atoms with Gasteiger partial charge in [0.2, 0.25) is 0 Å². The number of rotatable bonds is 7. The van der Waals surface area contributed by atoms with Crippen LogP contribution in [0.25, 0.3) is 11.2 Å². The highest BCUT2D eigenvalue weighted by Crippen LogP contribution is 2.71. The normalized spacial score (nSPS) is 27.0. The van der Waals surface area contributed by atoms with E-state index in [9.17, 15) is 34.0 Å². The molecule has 14 nitrogen and oxygen atoms in total. The van der Waals surface area contributed by atoms with E-state index in [1.807, 2.05) is 0 Å². The van der Waals surface area contributed by atoms with E-state index in [2.05, 4.69) is 15.0 Å². The Bertz CT molecular complexity index is 1080. The average Bonchev–Trinajstić information content (AvgIpc) is 3.21. The maximum atomic E-state index is 12.4. The maximum Gasteiger partial charge on any atom is 0.345 e. The summed E-state index contributed by atoms with van der Waals surface area (Å²) >= 11 is 1.23. The van der Waals surface area contributed by atoms with E-state index in [1.54, 1.807) is 6.26 Å². The Kier molecular flexibility index (Phi) is 6.60. The minimum atomic E-state index is -5.00. The van der Waals surface area contributed by atoms with E-state index in [-0.39, 0.29) is 17.0 Å². The van der Waals surface area contributed by atoms with Crippen LogP contribution in [0.1, 0.15) is 20.1 Å². The van der Waals surface area contributed by atoms with Gasteiger partial charge in [0.15, 0.2) is 27.7 Å². The van der Waals surface area contributed by atoms with Crippen molar-refractivity contribution >= 4 is 43.9 Å². The third-order valence-corrected chi connectivity index (χ3v) is 10.4. The molecule has 2 aromatic heterocycles. The molecule has 31 heavy (non-hydrogen) atoms. The predicted octanol–water partition coefficient (Wildman–Crippen LogP) is -0.135. The van der Waals surface area contributed by atoms with Gasteiger partial charge in [-0.2, -0.15) is 0 Å². The number of nitrogens with two attached hydrogens (primary N) is 1. The molecule has 0 aliphatic carbocycles. The van der Waals surface area contributed by atoms with Crippen LogP contribution in [0.2, 0.25) is 0 Å². The molecular formula is C14H23N5O9P2S. The van der Waals surface area contributed by atoms with E-state index < -0.39 is 51.2 Å². The maximum absolute atomic E-state index is 12.4. The van der Waals surface area contributed by atoms with Gasteiger partial charge in [-0.1, -0.05) is 11.8 Å². The summed E-state index contributed by atoms with van der Waals surface area (Å²) in [5.41, 5.74) is 6.37. The highest BCUT2D eigenvalue weighted by molar-refractivity contribution is 7.98. The van der Waals surface area contributed by atoms with Gasteiger partial charge in [0.25, 0.3) is 0 Å². The quantitative estimate of drug-likeness (QED) is 0.166. The molecule has 17 heteroatoms. The summed E-state index contributed by atoms with van der Waals surface area (Å²) in [6, 6.07) is 0. The van der Waals surface area contributed by atoms with Crippen LogP contribution in [0.15, 0.2) is 11.5 Å². The number of fused-ring (bicyclic) bond motifs is 1. The fourth-order valence-electron chi connectivity index (χ4n) is 2.79. The molecule has 174 valence electrons. The Morgan fingerprint density at radius 2 is 1.90 bits per heavy atom. The monoisotopic (exact) mass is 499 g/mol. The molecular weight excluding hydrogens is 476 g/mol. The summed E-state index contributed by atoms with van der Waals surface area (Å²) in [6.45, 7) is 1.07. The average molecular weight is 499 g/mol. The van der Waals surface area contributed by atoms with Crippen LogP contribution in [0.5, 0.6) is 0 Å². The zero-order valence-electron chi connectivity index (χ0n) is 16.6. The summed E-state index contributed by atoms with van der Waals surface area (Å²) in [4.78, 5) is 38.8. The number of aliphatic hydroxyl groups excluding tert-OH is 2. The van der Waals surface area contributed by atoms with Crippen molar-refractivity contribution in [3.8, 4) is 0 Å². The number of hydrogen-bond acceptors (Lipinski definition) is 11. The van der Waals surface area contributed by atoms with Crippen molar-refractivity contribution in [1.82, 2.24) is 19.5 Å². The summed E-state index contributed by atoms with van der Waals surface area (Å²) in [5.74, 6) is 0.113. The predicted molar refractivity (Wildman–Crippen MR) is 109 cm³/mol. The van der Waals surface area contributed by atoms with E-state index in [0.29, 0.717) is 5.16 Å². The van der Waals surface area contributed by atoms with Crippen molar-refractivity contribution in [3.05, 3.63) is 6.33 Å². The number of anilines is 1. The second-order valence-electron chi connectivity index (χ2n) is 7.32. The van der Waals surface area contributed by atoms with Gasteiger partial charge in [-0.3, -0.25) is 13.7 Å². The number of hydrogen-bond donors (Lipinski definition) is 6. The van der Waals surface area contributed by atoms with Crippen molar-refractivity contribution < 1.29 is 43.3 Å². The lowest BCUT2D eigenvalue weighted by atomic mass is 10.1. The Hall–Kier alpha value is -1.12. The first-order valence-electron chi connectivity index (χ1n) is 8.80. The van der Waals surface area contributed by atoms with E-state index in [1.165, 1.54) is 22.7 Å². The van der Waals surface area contributed by atoms with Gasteiger partial charge in [0, 0.05) is 0 Å². The van der Waals surface area contributed by atoms with Crippen LogP contribution in [0.3, 0.4) is 0 Å². The largest absolute Gasteiger partial charge is 0.387 e. The van der Waals surface area contributed by atoms with Crippen LogP contribution >= 0.6 is 27.0 Å². The lowest BCUT2D eigenvalue weighted by Gasteiger charge is -2.30. The molecule has 0 aromatic carbocycles. The van der Waals surface area contributed by atoms with Crippen molar-refractivity contribution in [2.75, 3.05) is 18.6 Å². The second-order valence-corrected chi connectivity index (χ2v) is 13.1. The molecule has 2 aromatic rings. The minimum absolute atomic E-state index is 0.113. The number of nitrogen functional groups attached to an aromatic ring is 1. The minimum Gasteiger partial charge on any atom is -0.387 e. The van der Waals surface area contributed by atoms with E-state index in [4.69, 9.17) is 15.0 Å². The second kappa shape index (κ2) is 8.34. The number of thioether (sulfide) groups is 1. The molecule has 1 aliphatic rings. The van der Waals surface area contributed by atoms with E-state index in [0.717, 1.165) is 13.8 Å². The van der Waals surface area contributed by atoms with Crippen molar-refractivity contribution in [2.24, 2.45) is 0 Å². The van der Waals surface area contributed by atoms with Crippen LogP contribution < -0.4 is 5.73 Å². The van der Waals surface area contributed by atoms with Crippen LogP contribution in [0, 0.1) is 0 Å². The fourth-order valence-corrected chi connectivity index (χ4v) is 5.31. The topological polar surface area (TPSA) is 223 Å². The molecule has 7 N–H and O–H groups in total. The van der Waals surface area contributed by atoms with Gasteiger partial charge in [-0.25, -0.2) is 15.0 Å². The molecule has 0 radical (unpaired) electrons. The SMILES string of the molecule is CSc1nc(N)c2ncn(C3OC(COP(=O)(O)C(C)(C)P(=O)(O)O)C(O)C3O)c2n1. The molecule has 3 rings (SSSR count). The van der Waals surface area contributed by atoms with Gasteiger partial charge in [-0.05, 0) is 20.1 Å². The van der Waals surface area contributed by atoms with Crippen LogP contribution in [-0.2, 0) is 18.4 Å². The third-order valence-electron chi connectivity index (χ3n) is 5.04. The standard InChI is InChI=1S/C14H23N5O9P2S/c1-14(2,29(22,23)24)30(25,26)27-4-6-8(20)9(21)12(28-6)19-5-16-7-10(15)17-13(31-3)18-11(7)19/h5-6,8-9,12,20-21H,4H2,1-3H3,(H,25,26)(H2,15,17,18)(H2,22,23,24). The molecule has 0 bridgehead atoms. The summed E-state index contributed by atoms with van der Waals surface area (Å²) in [6.07, 6.45) is -2.48. The first-order chi connectivity index (χ1) is 14.2. The zero-order valence-corrected chi connectivity index (χ0v) is 19.2. The number of aliphatic hydroxyl groups is 2. The van der Waals surface area contributed by atoms with Crippen molar-refractivity contribution in [3.63, 3.8) is 0 Å². The van der Waals surface area contributed by atoms with Gasteiger partial charge in [0.1, 0.15) is 23.8 Å². The Morgan fingerprint density at radius 1 is 1.26 bits per heavy atom. The molecule has 1 fully saturated rings. The Morgan fingerprint density at radius 3 is 2.48 bits per heavy atom. The Balaban J connectivity index is 1.83. The summed E-state index contributed by atoms with van der Waals surface area (Å²) in [7, 11) is -9.85. The number of ether oxygens (including phenoxy) is 1. The number of aromatic nitrogens is 4. The van der Waals surface area contributed by atoms with Gasteiger partial charge in [0.05, 0.1) is 12.9 Å². The molecule has 0 saturated carbocycles. The van der Waals surface area contributed by atoms with Crippen molar-refractivity contribution in [2.45, 2.75) is 48.4 Å². The van der Waals surface area contributed by atoms with Gasteiger partial charge in [-0.15, -0.1) is 0 Å². The van der Waals surface area contributed by atoms with E-state index >= 15 is 0 Å². The zero-order chi connectivity index (χ0) is 23.4. The molecule has 1 aliphatic heterocycles. The fraction of sp³-hybridized carbons (Fsp3) is 0.643. The molecule has 5 atom stereocenters. The summed E-state index contributed by atoms with van der Waals surface area (Å²) in [5, 5.41) is 21.1. The first kappa shape index (κ1) is 24.5. The lowest BCUT2D eigenvalue weighted by molar-refractivity contribution is -0.0488. The highest BCUT2D eigenvalue weighted by Gasteiger charge is 2.55. The molecule has 0 spiro atoms. The van der Waals surface area contributed by atoms with Crippen LogP contribution in [-0.4, -0.2) is 80.5 Å². The lowest BCUT2D eigenvalue weighted by Crippen LogP contribution is -2.34. The third kappa shape index (κ3) is 4.27. The molecule has 0 amide bonds.